The summed E-state index contributed by atoms with van der Waals surface area (Å²) in [6.45, 7) is 5.81. The van der Waals surface area contributed by atoms with E-state index in [0.29, 0.717) is 18.1 Å². The molecular formula is C10H21N5O2S. The van der Waals surface area contributed by atoms with Gasteiger partial charge in [-0.05, 0) is 20.8 Å². The lowest BCUT2D eigenvalue weighted by atomic mass is 10.1. The molecule has 7 nitrogen and oxygen atoms in total. The van der Waals surface area contributed by atoms with Gasteiger partial charge in [0.15, 0.2) is 0 Å². The number of nitrogens with two attached hydrogens (primary N) is 1. The fourth-order valence-corrected chi connectivity index (χ4v) is 2.80. The molecule has 0 bridgehead atoms. The summed E-state index contributed by atoms with van der Waals surface area (Å²) in [4.78, 5) is 0. The normalized spacial score (nSPS) is 12.7. The van der Waals surface area contributed by atoms with Gasteiger partial charge in [0.1, 0.15) is 5.82 Å². The van der Waals surface area contributed by atoms with Crippen LogP contribution in [0.3, 0.4) is 0 Å². The average Bonchev–Trinajstić information content (AvgIpc) is 2.35. The number of anilines is 2. The van der Waals surface area contributed by atoms with Crippen LogP contribution in [0, 0.1) is 6.92 Å². The van der Waals surface area contributed by atoms with Crippen molar-refractivity contribution in [3.05, 3.63) is 5.69 Å². The van der Waals surface area contributed by atoms with Gasteiger partial charge in [-0.15, -0.1) is 0 Å². The van der Waals surface area contributed by atoms with Crippen LogP contribution in [0.15, 0.2) is 0 Å². The van der Waals surface area contributed by atoms with E-state index in [1.54, 1.807) is 25.6 Å². The third-order valence-electron chi connectivity index (χ3n) is 2.43. The molecule has 0 saturated heterocycles. The molecule has 1 heterocycles. The minimum absolute atomic E-state index is 0.406. The molecule has 0 radical (unpaired) electrons. The first-order chi connectivity index (χ1) is 8.02. The van der Waals surface area contributed by atoms with Gasteiger partial charge in [0, 0.05) is 19.1 Å². The molecule has 18 heavy (non-hydrogen) atoms. The van der Waals surface area contributed by atoms with Gasteiger partial charge in [0.2, 0.25) is 10.0 Å². The number of aromatic nitrogens is 2. The van der Waals surface area contributed by atoms with E-state index in [4.69, 9.17) is 5.73 Å². The van der Waals surface area contributed by atoms with E-state index in [9.17, 15) is 8.42 Å². The highest BCUT2D eigenvalue weighted by Gasteiger charge is 2.23. The van der Waals surface area contributed by atoms with Crippen LogP contribution >= 0.6 is 0 Å². The Bertz CT molecular complexity index is 533. The lowest BCUT2D eigenvalue weighted by molar-refractivity contribution is 0.475. The summed E-state index contributed by atoms with van der Waals surface area (Å²) in [5, 5.41) is 7.29. The summed E-state index contributed by atoms with van der Waals surface area (Å²) in [5.41, 5.74) is 6.58. The smallest absolute Gasteiger partial charge is 0.209 e. The molecule has 4 N–H and O–H groups in total. The minimum atomic E-state index is -3.24. The Kier molecular flexibility index (Phi) is 3.92. The summed E-state index contributed by atoms with van der Waals surface area (Å²) in [7, 11) is -1.46. The second kappa shape index (κ2) is 4.77. The SMILES string of the molecule is Cc1nn(C)c(NCC(C)(C)NS(C)(=O)=O)c1N. The molecule has 1 aromatic heterocycles. The Morgan fingerprint density at radius 3 is 2.39 bits per heavy atom. The predicted octanol–water partition coefficient (Wildman–Crippen LogP) is 0.0504. The standard InChI is InChI=1S/C10H21N5O2S/c1-7-8(11)9(15(4)13-7)12-6-10(2,3)14-18(5,16)17/h12,14H,6,11H2,1-5H3. The summed E-state index contributed by atoms with van der Waals surface area (Å²) >= 11 is 0. The molecule has 104 valence electrons. The number of sulfonamides is 1. The third-order valence-corrected chi connectivity index (χ3v) is 3.35. The fourth-order valence-electron chi connectivity index (χ4n) is 1.73. The number of nitrogens with one attached hydrogen (secondary N) is 2. The molecule has 0 atom stereocenters. The molecular weight excluding hydrogens is 254 g/mol. The van der Waals surface area contributed by atoms with Crippen molar-refractivity contribution in [2.24, 2.45) is 7.05 Å². The average molecular weight is 275 g/mol. The van der Waals surface area contributed by atoms with Crippen molar-refractivity contribution >= 4 is 21.5 Å². The largest absolute Gasteiger partial charge is 0.394 e. The van der Waals surface area contributed by atoms with E-state index in [2.05, 4.69) is 15.1 Å². The quantitative estimate of drug-likeness (QED) is 0.704. The second-order valence-corrected chi connectivity index (χ2v) is 6.83. The van der Waals surface area contributed by atoms with E-state index in [1.807, 2.05) is 6.92 Å². The highest BCUT2D eigenvalue weighted by Crippen LogP contribution is 2.21. The first-order valence-corrected chi connectivity index (χ1v) is 7.43. The molecule has 0 aliphatic carbocycles. The summed E-state index contributed by atoms with van der Waals surface area (Å²) in [6, 6.07) is 0. The third kappa shape index (κ3) is 3.88. The van der Waals surface area contributed by atoms with Crippen LogP contribution < -0.4 is 15.8 Å². The van der Waals surface area contributed by atoms with Crippen LogP contribution in [0.25, 0.3) is 0 Å². The maximum atomic E-state index is 11.2. The first-order valence-electron chi connectivity index (χ1n) is 5.54. The van der Waals surface area contributed by atoms with Gasteiger partial charge in [0.05, 0.1) is 17.6 Å². The van der Waals surface area contributed by atoms with Gasteiger partial charge in [-0.25, -0.2) is 13.1 Å². The highest BCUT2D eigenvalue weighted by atomic mass is 32.2. The van der Waals surface area contributed by atoms with E-state index in [1.165, 1.54) is 0 Å². The minimum Gasteiger partial charge on any atom is -0.394 e. The Morgan fingerprint density at radius 1 is 1.44 bits per heavy atom. The van der Waals surface area contributed by atoms with Crippen molar-refractivity contribution in [3.8, 4) is 0 Å². The fraction of sp³-hybridized carbons (Fsp3) is 0.700. The maximum absolute atomic E-state index is 11.2. The zero-order valence-electron chi connectivity index (χ0n) is 11.4. The van der Waals surface area contributed by atoms with Gasteiger partial charge in [0.25, 0.3) is 0 Å². The van der Waals surface area contributed by atoms with Crippen LogP contribution in [-0.2, 0) is 17.1 Å². The number of hydrogen-bond acceptors (Lipinski definition) is 5. The molecule has 0 aliphatic heterocycles. The van der Waals surface area contributed by atoms with E-state index < -0.39 is 15.6 Å². The molecule has 0 saturated carbocycles. The molecule has 0 fully saturated rings. The number of nitrogens with zero attached hydrogens (tertiary/aromatic N) is 2. The van der Waals surface area contributed by atoms with E-state index in [0.717, 1.165) is 11.9 Å². The molecule has 0 spiro atoms. The lowest BCUT2D eigenvalue weighted by Crippen LogP contribution is -2.48. The van der Waals surface area contributed by atoms with Crippen LogP contribution in [0.2, 0.25) is 0 Å². The maximum Gasteiger partial charge on any atom is 0.209 e. The topological polar surface area (TPSA) is 102 Å². The van der Waals surface area contributed by atoms with Crippen molar-refractivity contribution in [1.82, 2.24) is 14.5 Å². The predicted molar refractivity (Wildman–Crippen MR) is 72.9 cm³/mol. The van der Waals surface area contributed by atoms with Crippen molar-refractivity contribution in [2.75, 3.05) is 23.9 Å². The van der Waals surface area contributed by atoms with Crippen molar-refractivity contribution in [1.29, 1.82) is 0 Å². The van der Waals surface area contributed by atoms with Crippen molar-refractivity contribution in [3.63, 3.8) is 0 Å². The highest BCUT2D eigenvalue weighted by molar-refractivity contribution is 7.88. The van der Waals surface area contributed by atoms with Crippen LogP contribution in [0.4, 0.5) is 11.5 Å². The van der Waals surface area contributed by atoms with Gasteiger partial charge in [-0.2, -0.15) is 5.10 Å². The molecule has 0 amide bonds. The summed E-state index contributed by atoms with van der Waals surface area (Å²) < 4.78 is 26.6. The second-order valence-electron chi connectivity index (χ2n) is 5.08. The van der Waals surface area contributed by atoms with Crippen molar-refractivity contribution < 1.29 is 8.42 Å². The van der Waals surface area contributed by atoms with Crippen molar-refractivity contribution in [2.45, 2.75) is 26.3 Å². The molecule has 0 aliphatic rings. The van der Waals surface area contributed by atoms with Gasteiger partial charge >= 0.3 is 0 Å². The molecule has 1 rings (SSSR count). The molecule has 1 aromatic rings. The zero-order chi connectivity index (χ0) is 14.1. The molecule has 0 unspecified atom stereocenters. The lowest BCUT2D eigenvalue weighted by Gasteiger charge is -2.25. The van der Waals surface area contributed by atoms with Gasteiger partial charge < -0.3 is 11.1 Å². The number of nitrogen functional groups attached to an aromatic ring is 1. The number of rotatable bonds is 5. The summed E-state index contributed by atoms with van der Waals surface area (Å²) in [5.74, 6) is 0.691. The number of hydrogen-bond donors (Lipinski definition) is 3. The molecule has 0 aromatic carbocycles. The Balaban J connectivity index is 2.76. The number of aryl methyl sites for hydroxylation is 2. The molecule has 8 heteroatoms. The monoisotopic (exact) mass is 275 g/mol. The zero-order valence-corrected chi connectivity index (χ0v) is 12.2. The van der Waals surface area contributed by atoms with Gasteiger partial charge in [-0.3, -0.25) is 4.68 Å². The van der Waals surface area contributed by atoms with E-state index in [-0.39, 0.29) is 0 Å². The first kappa shape index (κ1) is 14.8. The van der Waals surface area contributed by atoms with Gasteiger partial charge in [-0.1, -0.05) is 0 Å². The van der Waals surface area contributed by atoms with Crippen LogP contribution in [0.1, 0.15) is 19.5 Å². The van der Waals surface area contributed by atoms with Crippen LogP contribution in [0.5, 0.6) is 0 Å². The Morgan fingerprint density at radius 2 is 2.00 bits per heavy atom. The van der Waals surface area contributed by atoms with Crippen LogP contribution in [-0.4, -0.2) is 36.5 Å². The Labute approximate surface area is 108 Å². The Hall–Kier alpha value is -1.28. The van der Waals surface area contributed by atoms with E-state index >= 15 is 0 Å². The summed E-state index contributed by atoms with van der Waals surface area (Å²) in [6.07, 6.45) is 1.14.